The Morgan fingerprint density at radius 3 is 2.39 bits per heavy atom. The molecule has 1 unspecified atom stereocenters. The number of carbonyl (C=O) groups excluding carboxylic acids is 1. The van der Waals surface area contributed by atoms with Crippen molar-refractivity contribution in [3.05, 3.63) is 59.2 Å². The largest absolute Gasteiger partial charge is 0.508 e. The third-order valence-corrected chi connectivity index (χ3v) is 7.12. The summed E-state index contributed by atoms with van der Waals surface area (Å²) in [6, 6.07) is 7.48. The van der Waals surface area contributed by atoms with Crippen LogP contribution in [0.4, 0.5) is 17.1 Å². The summed E-state index contributed by atoms with van der Waals surface area (Å²) in [6.07, 6.45) is 8.93. The van der Waals surface area contributed by atoms with E-state index in [2.05, 4.69) is 26.8 Å². The first-order valence-electron chi connectivity index (χ1n) is 12.7. The van der Waals surface area contributed by atoms with Crippen molar-refractivity contribution in [3.8, 4) is 17.2 Å². The fraction of sp³-hybridized carbons (Fsp3) is 0.452. The van der Waals surface area contributed by atoms with Gasteiger partial charge in [-0.05, 0) is 71.9 Å². The molecule has 1 aliphatic rings. The Morgan fingerprint density at radius 1 is 1.03 bits per heavy atom. The Morgan fingerprint density at radius 2 is 1.74 bits per heavy atom. The minimum absolute atomic E-state index is 0. The minimum atomic E-state index is -0.322. The summed E-state index contributed by atoms with van der Waals surface area (Å²) in [6.45, 7) is 8.66. The van der Waals surface area contributed by atoms with Gasteiger partial charge in [0.1, 0.15) is 22.9 Å². The average Bonchev–Trinajstić information content (AvgIpc) is 2.91. The van der Waals surface area contributed by atoms with Crippen molar-refractivity contribution in [2.45, 2.75) is 72.8 Å². The lowest BCUT2D eigenvalue weighted by Gasteiger charge is -2.28. The summed E-state index contributed by atoms with van der Waals surface area (Å²) in [4.78, 5) is 16.8. The predicted molar refractivity (Wildman–Crippen MR) is 156 cm³/mol. The molecule has 3 rings (SSSR count). The van der Waals surface area contributed by atoms with E-state index >= 15 is 0 Å². The third-order valence-electron chi connectivity index (χ3n) is 7.12. The van der Waals surface area contributed by atoms with E-state index in [1.54, 1.807) is 31.2 Å². The molecule has 208 valence electrons. The third kappa shape index (κ3) is 6.90. The quantitative estimate of drug-likeness (QED) is 0.280. The molecule has 0 radical (unpaired) electrons. The van der Waals surface area contributed by atoms with E-state index in [1.807, 2.05) is 13.0 Å². The van der Waals surface area contributed by atoms with Crippen LogP contribution < -0.4 is 9.80 Å². The number of phenolic OH excluding ortho intramolecular Hbond substituents is 3. The summed E-state index contributed by atoms with van der Waals surface area (Å²) in [5.41, 5.74) is 3.60. The van der Waals surface area contributed by atoms with Crippen LogP contribution in [-0.4, -0.2) is 47.5 Å². The summed E-state index contributed by atoms with van der Waals surface area (Å²) in [5.74, 6) is -0.715. The molecule has 1 amide bonds. The zero-order valence-electron chi connectivity index (χ0n) is 22.8. The normalized spacial score (nSPS) is 14.7. The number of fused-ring (bicyclic) bond motifs is 2. The molecule has 2 aromatic rings. The molecule has 7 nitrogen and oxygen atoms in total. The Hall–Kier alpha value is -3.45. The van der Waals surface area contributed by atoms with Crippen LogP contribution in [0.3, 0.4) is 0 Å². The molecule has 1 aliphatic heterocycles. The molecule has 7 heteroatoms. The molecular weight excluding hydrogens is 480 g/mol. The molecule has 0 saturated carbocycles. The monoisotopic (exact) mass is 524 g/mol. The average molecular weight is 525 g/mol. The van der Waals surface area contributed by atoms with Gasteiger partial charge in [0.25, 0.3) is 5.91 Å². The lowest BCUT2D eigenvalue weighted by atomic mass is 9.92. The molecule has 1 atom stereocenters. The molecule has 2 aromatic carbocycles. The number of aromatic hydroxyl groups is 3. The maximum Gasteiger partial charge on any atom is 0.260 e. The summed E-state index contributed by atoms with van der Waals surface area (Å²) < 4.78 is 5.82. The van der Waals surface area contributed by atoms with Crippen LogP contribution in [0.2, 0.25) is 0 Å². The van der Waals surface area contributed by atoms with Gasteiger partial charge in [-0.3, -0.25) is 4.79 Å². The van der Waals surface area contributed by atoms with Gasteiger partial charge < -0.3 is 29.9 Å². The number of carbonyl (C=O) groups is 1. The molecule has 0 aromatic heterocycles. The van der Waals surface area contributed by atoms with E-state index in [9.17, 15) is 20.1 Å². The van der Waals surface area contributed by atoms with Crippen molar-refractivity contribution >= 4 is 23.0 Å². The molecule has 38 heavy (non-hydrogen) atoms. The second-order valence-corrected chi connectivity index (χ2v) is 10.4. The van der Waals surface area contributed by atoms with E-state index < -0.39 is 0 Å². The van der Waals surface area contributed by atoms with Crippen LogP contribution in [0.15, 0.2) is 53.6 Å². The number of allylic oxidation sites excluding steroid dienone is 3. The fourth-order valence-corrected chi connectivity index (χ4v) is 4.83. The van der Waals surface area contributed by atoms with Gasteiger partial charge in [0.15, 0.2) is 0 Å². The van der Waals surface area contributed by atoms with Gasteiger partial charge in [0.2, 0.25) is 0 Å². The molecule has 3 N–H and O–H groups in total. The summed E-state index contributed by atoms with van der Waals surface area (Å²) >= 11 is 0. The summed E-state index contributed by atoms with van der Waals surface area (Å²) in [7, 11) is 3.45. The first-order valence-corrected chi connectivity index (χ1v) is 12.7. The highest BCUT2D eigenvalue weighted by Crippen LogP contribution is 2.49. The van der Waals surface area contributed by atoms with Crippen molar-refractivity contribution in [1.29, 1.82) is 0 Å². The van der Waals surface area contributed by atoms with Crippen LogP contribution in [0.1, 0.15) is 77.6 Å². The SMILES string of the molecule is C.COC(C)(CCC=C(C)C)CCC/C(C)=C/CN1C(=O)c2cccc(O)c2N(C)c2c(O)cc(O)cc21. The number of rotatable bonds is 10. The molecule has 0 bridgehead atoms. The smallest absolute Gasteiger partial charge is 0.260 e. The molecular formula is C31H44N2O5. The second-order valence-electron chi connectivity index (χ2n) is 10.4. The molecule has 0 saturated heterocycles. The van der Waals surface area contributed by atoms with Crippen LogP contribution in [-0.2, 0) is 4.74 Å². The van der Waals surface area contributed by atoms with Gasteiger partial charge in [-0.1, -0.05) is 36.8 Å². The van der Waals surface area contributed by atoms with Crippen molar-refractivity contribution in [3.63, 3.8) is 0 Å². The number of amides is 1. The standard InChI is InChI=1S/C30H40N2O5.CH4/c1-20(2)10-8-15-30(4,37-6)16-9-11-21(3)14-17-32-24-18-22(33)19-26(35)28(24)31(5)27-23(29(32)36)12-7-13-25(27)34;/h7,10,12-14,18-19,33-35H,8-9,11,15-17H2,1-6H3;1H4/b21-14+;. The summed E-state index contributed by atoms with van der Waals surface area (Å²) in [5, 5.41) is 31.4. The number of nitrogens with zero attached hydrogens (tertiary/aromatic N) is 2. The maximum atomic E-state index is 13.6. The zero-order valence-corrected chi connectivity index (χ0v) is 22.8. The fourth-order valence-electron chi connectivity index (χ4n) is 4.83. The Bertz CT molecular complexity index is 1200. The number of ether oxygens (including phenoxy) is 1. The Labute approximate surface area is 227 Å². The van der Waals surface area contributed by atoms with Crippen LogP contribution in [0.25, 0.3) is 0 Å². The van der Waals surface area contributed by atoms with Gasteiger partial charge in [0.05, 0.1) is 22.5 Å². The number of hydrogen-bond donors (Lipinski definition) is 3. The van der Waals surface area contributed by atoms with E-state index in [1.165, 1.54) is 28.7 Å². The molecule has 0 aliphatic carbocycles. The van der Waals surface area contributed by atoms with Gasteiger partial charge in [0, 0.05) is 32.8 Å². The maximum absolute atomic E-state index is 13.6. The van der Waals surface area contributed by atoms with E-state index in [0.717, 1.165) is 37.7 Å². The van der Waals surface area contributed by atoms with Gasteiger partial charge in [-0.15, -0.1) is 0 Å². The number of para-hydroxylation sites is 1. The number of benzene rings is 2. The van der Waals surface area contributed by atoms with Crippen molar-refractivity contribution in [2.75, 3.05) is 30.5 Å². The predicted octanol–water partition coefficient (Wildman–Crippen LogP) is 7.44. The van der Waals surface area contributed by atoms with Crippen molar-refractivity contribution in [2.24, 2.45) is 0 Å². The topological polar surface area (TPSA) is 93.5 Å². The minimum Gasteiger partial charge on any atom is -0.508 e. The number of anilines is 3. The van der Waals surface area contributed by atoms with Crippen molar-refractivity contribution < 1.29 is 24.9 Å². The second kappa shape index (κ2) is 12.9. The van der Waals surface area contributed by atoms with Gasteiger partial charge in [-0.25, -0.2) is 0 Å². The zero-order chi connectivity index (χ0) is 27.3. The van der Waals surface area contributed by atoms with E-state index in [4.69, 9.17) is 4.74 Å². The lowest BCUT2D eigenvalue weighted by Crippen LogP contribution is -2.30. The van der Waals surface area contributed by atoms with E-state index in [0.29, 0.717) is 22.6 Å². The molecule has 0 fully saturated rings. The van der Waals surface area contributed by atoms with Crippen molar-refractivity contribution in [1.82, 2.24) is 0 Å². The number of methoxy groups -OCH3 is 1. The number of hydrogen-bond acceptors (Lipinski definition) is 6. The van der Waals surface area contributed by atoms with Gasteiger partial charge in [-0.2, -0.15) is 0 Å². The van der Waals surface area contributed by atoms with E-state index in [-0.39, 0.29) is 42.7 Å². The highest BCUT2D eigenvalue weighted by molar-refractivity contribution is 6.15. The number of phenols is 3. The van der Waals surface area contributed by atoms with Crippen LogP contribution >= 0.6 is 0 Å². The molecule has 0 spiro atoms. The van der Waals surface area contributed by atoms with Crippen LogP contribution in [0.5, 0.6) is 17.2 Å². The lowest BCUT2D eigenvalue weighted by molar-refractivity contribution is -0.00881. The molecule has 1 heterocycles. The van der Waals surface area contributed by atoms with Gasteiger partial charge >= 0.3 is 0 Å². The highest BCUT2D eigenvalue weighted by atomic mass is 16.5. The van der Waals surface area contributed by atoms with Crippen LogP contribution in [0, 0.1) is 0 Å². The first kappa shape index (κ1) is 30.8. The first-order chi connectivity index (χ1) is 17.5. The Kier molecular flexibility index (Phi) is 10.4. The highest BCUT2D eigenvalue weighted by Gasteiger charge is 2.33. The Balaban J connectivity index is 0.00000507.